The van der Waals surface area contributed by atoms with Crippen LogP contribution in [0.4, 0.5) is 29.1 Å². The van der Waals surface area contributed by atoms with E-state index in [-0.39, 0.29) is 5.82 Å². The van der Waals surface area contributed by atoms with Crippen LogP contribution in [0.15, 0.2) is 30.3 Å². The molecular formula is C12H8F4N2. The molecule has 2 aromatic rings. The van der Waals surface area contributed by atoms with Crippen LogP contribution in [0.1, 0.15) is 0 Å². The summed E-state index contributed by atoms with van der Waals surface area (Å²) in [5, 5.41) is 0. The SMILES string of the molecule is CN(c1ccc(F)cc1)c1nc(F)c(F)cc1F. The van der Waals surface area contributed by atoms with Crippen molar-refractivity contribution in [2.24, 2.45) is 0 Å². The fourth-order valence-corrected chi connectivity index (χ4v) is 1.46. The zero-order chi connectivity index (χ0) is 13.3. The van der Waals surface area contributed by atoms with Crippen molar-refractivity contribution in [3.8, 4) is 0 Å². The molecule has 1 aromatic heterocycles. The van der Waals surface area contributed by atoms with Gasteiger partial charge in [-0.3, -0.25) is 0 Å². The maximum Gasteiger partial charge on any atom is 0.251 e. The van der Waals surface area contributed by atoms with Crippen molar-refractivity contribution >= 4 is 11.5 Å². The fourth-order valence-electron chi connectivity index (χ4n) is 1.46. The summed E-state index contributed by atoms with van der Waals surface area (Å²) in [6, 6.07) is 5.50. The maximum atomic E-state index is 13.5. The molecule has 2 rings (SSSR count). The summed E-state index contributed by atoms with van der Waals surface area (Å²) in [6.45, 7) is 0. The van der Waals surface area contributed by atoms with Gasteiger partial charge in [-0.2, -0.15) is 9.37 Å². The van der Waals surface area contributed by atoms with Gasteiger partial charge >= 0.3 is 0 Å². The Morgan fingerprint density at radius 1 is 0.944 bits per heavy atom. The van der Waals surface area contributed by atoms with Crippen LogP contribution in [0, 0.1) is 23.4 Å². The Kier molecular flexibility index (Phi) is 3.18. The van der Waals surface area contributed by atoms with Crippen LogP contribution in [0.25, 0.3) is 0 Å². The van der Waals surface area contributed by atoms with E-state index in [1.54, 1.807) is 0 Å². The predicted molar refractivity (Wildman–Crippen MR) is 58.6 cm³/mol. The number of nitrogens with zero attached hydrogens (tertiary/aromatic N) is 2. The number of hydrogen-bond acceptors (Lipinski definition) is 2. The molecule has 94 valence electrons. The van der Waals surface area contributed by atoms with Crippen LogP contribution in [0.2, 0.25) is 0 Å². The Labute approximate surface area is 100 Å². The summed E-state index contributed by atoms with van der Waals surface area (Å²) in [7, 11) is 1.41. The van der Waals surface area contributed by atoms with E-state index in [1.165, 1.54) is 36.2 Å². The smallest absolute Gasteiger partial charge is 0.251 e. The summed E-state index contributed by atoms with van der Waals surface area (Å²) in [4.78, 5) is 4.38. The highest BCUT2D eigenvalue weighted by atomic mass is 19.2. The minimum Gasteiger partial charge on any atom is -0.327 e. The largest absolute Gasteiger partial charge is 0.327 e. The lowest BCUT2D eigenvalue weighted by atomic mass is 10.3. The number of aromatic nitrogens is 1. The highest BCUT2D eigenvalue weighted by molar-refractivity contribution is 5.59. The van der Waals surface area contributed by atoms with Gasteiger partial charge in [0.2, 0.25) is 0 Å². The second-order valence-corrected chi connectivity index (χ2v) is 3.60. The zero-order valence-electron chi connectivity index (χ0n) is 9.29. The van der Waals surface area contributed by atoms with E-state index in [9.17, 15) is 17.6 Å². The van der Waals surface area contributed by atoms with Crippen molar-refractivity contribution in [1.82, 2.24) is 4.98 Å². The molecule has 0 aliphatic heterocycles. The van der Waals surface area contributed by atoms with E-state index in [1.807, 2.05) is 0 Å². The number of benzene rings is 1. The van der Waals surface area contributed by atoms with Crippen molar-refractivity contribution in [2.45, 2.75) is 0 Å². The van der Waals surface area contributed by atoms with Gasteiger partial charge in [-0.15, -0.1) is 0 Å². The second-order valence-electron chi connectivity index (χ2n) is 3.60. The molecule has 0 saturated carbocycles. The van der Waals surface area contributed by atoms with Crippen LogP contribution in [0.3, 0.4) is 0 Å². The average Bonchev–Trinajstić information content (AvgIpc) is 2.34. The molecule has 0 amide bonds. The normalized spacial score (nSPS) is 10.5. The number of pyridine rings is 1. The van der Waals surface area contributed by atoms with Gasteiger partial charge in [0, 0.05) is 18.8 Å². The molecule has 0 atom stereocenters. The Bertz CT molecular complexity index is 569. The first-order valence-corrected chi connectivity index (χ1v) is 5.00. The van der Waals surface area contributed by atoms with Crippen LogP contribution >= 0.6 is 0 Å². The number of anilines is 2. The topological polar surface area (TPSA) is 16.1 Å². The van der Waals surface area contributed by atoms with E-state index >= 15 is 0 Å². The van der Waals surface area contributed by atoms with Gasteiger partial charge in [0.1, 0.15) is 5.82 Å². The standard InChI is InChI=1S/C12H8F4N2/c1-18(8-4-2-7(13)3-5-8)12-10(15)6-9(14)11(16)17-12/h2-6H,1H3. The first-order valence-electron chi connectivity index (χ1n) is 5.00. The summed E-state index contributed by atoms with van der Waals surface area (Å²) in [5.74, 6) is -4.57. The molecule has 0 unspecified atom stereocenters. The molecule has 1 aromatic carbocycles. The highest BCUT2D eigenvalue weighted by Crippen LogP contribution is 2.25. The van der Waals surface area contributed by atoms with Gasteiger partial charge < -0.3 is 4.90 Å². The zero-order valence-corrected chi connectivity index (χ0v) is 9.29. The fraction of sp³-hybridized carbons (Fsp3) is 0.0833. The van der Waals surface area contributed by atoms with Gasteiger partial charge in [0.05, 0.1) is 0 Å². The number of halogens is 4. The average molecular weight is 256 g/mol. The molecule has 0 saturated heterocycles. The van der Waals surface area contributed by atoms with Gasteiger partial charge in [0.25, 0.3) is 5.95 Å². The van der Waals surface area contributed by atoms with Gasteiger partial charge in [-0.05, 0) is 24.3 Å². The molecule has 0 bridgehead atoms. The van der Waals surface area contributed by atoms with Gasteiger partial charge in [0.15, 0.2) is 17.5 Å². The molecular weight excluding hydrogens is 248 g/mol. The Hall–Kier alpha value is -2.11. The minimum atomic E-state index is -1.39. The van der Waals surface area contributed by atoms with Crippen molar-refractivity contribution in [3.05, 3.63) is 53.7 Å². The molecule has 0 N–H and O–H groups in total. The van der Waals surface area contributed by atoms with Crippen molar-refractivity contribution in [2.75, 3.05) is 11.9 Å². The Balaban J connectivity index is 2.42. The van der Waals surface area contributed by atoms with Crippen LogP contribution in [0.5, 0.6) is 0 Å². The van der Waals surface area contributed by atoms with Crippen LogP contribution in [-0.2, 0) is 0 Å². The molecule has 6 heteroatoms. The summed E-state index contributed by atoms with van der Waals surface area (Å²) < 4.78 is 51.9. The molecule has 0 spiro atoms. The van der Waals surface area contributed by atoms with Crippen molar-refractivity contribution in [3.63, 3.8) is 0 Å². The molecule has 0 radical (unpaired) electrons. The van der Waals surface area contributed by atoms with Crippen molar-refractivity contribution < 1.29 is 17.6 Å². The third-order valence-electron chi connectivity index (χ3n) is 2.40. The second kappa shape index (κ2) is 4.64. The summed E-state index contributed by atoms with van der Waals surface area (Å²) in [6.07, 6.45) is 0. The van der Waals surface area contributed by atoms with E-state index < -0.39 is 23.4 Å². The molecule has 0 aliphatic rings. The summed E-state index contributed by atoms with van der Waals surface area (Å²) >= 11 is 0. The lowest BCUT2D eigenvalue weighted by molar-refractivity contribution is 0.465. The maximum absolute atomic E-state index is 13.5. The molecule has 0 aliphatic carbocycles. The van der Waals surface area contributed by atoms with E-state index in [2.05, 4.69) is 4.98 Å². The van der Waals surface area contributed by atoms with Gasteiger partial charge in [-0.1, -0.05) is 0 Å². The predicted octanol–water partition coefficient (Wildman–Crippen LogP) is 3.41. The van der Waals surface area contributed by atoms with E-state index in [0.29, 0.717) is 11.8 Å². The lowest BCUT2D eigenvalue weighted by Crippen LogP contribution is -2.14. The Morgan fingerprint density at radius 2 is 1.56 bits per heavy atom. The van der Waals surface area contributed by atoms with E-state index in [4.69, 9.17) is 0 Å². The number of hydrogen-bond donors (Lipinski definition) is 0. The monoisotopic (exact) mass is 256 g/mol. The van der Waals surface area contributed by atoms with Crippen molar-refractivity contribution in [1.29, 1.82) is 0 Å². The summed E-state index contributed by atoms with van der Waals surface area (Å²) in [5.41, 5.74) is 0.397. The first kappa shape index (κ1) is 12.3. The highest BCUT2D eigenvalue weighted by Gasteiger charge is 2.16. The lowest BCUT2D eigenvalue weighted by Gasteiger charge is -2.18. The molecule has 1 heterocycles. The first-order chi connectivity index (χ1) is 8.49. The van der Waals surface area contributed by atoms with Crippen LogP contribution < -0.4 is 4.90 Å². The quantitative estimate of drug-likeness (QED) is 0.604. The minimum absolute atomic E-state index is 0.375. The third kappa shape index (κ3) is 2.27. The third-order valence-corrected chi connectivity index (χ3v) is 2.40. The number of rotatable bonds is 2. The van der Waals surface area contributed by atoms with E-state index in [0.717, 1.165) is 0 Å². The Morgan fingerprint density at radius 3 is 2.17 bits per heavy atom. The van der Waals surface area contributed by atoms with Gasteiger partial charge in [-0.25, -0.2) is 13.2 Å². The molecule has 0 fully saturated rings. The molecule has 2 nitrogen and oxygen atoms in total. The van der Waals surface area contributed by atoms with Crippen LogP contribution in [-0.4, -0.2) is 12.0 Å². The molecule has 18 heavy (non-hydrogen) atoms.